The van der Waals surface area contributed by atoms with Crippen LogP contribution < -0.4 is 10.2 Å². The van der Waals surface area contributed by atoms with Gasteiger partial charge in [0.2, 0.25) is 0 Å². The third-order valence-electron chi connectivity index (χ3n) is 9.51. The number of carbonyl (C=O) groups is 1. The largest absolute Gasteiger partial charge is 0.376 e. The number of nitrogens with one attached hydrogen (secondary N) is 1. The van der Waals surface area contributed by atoms with E-state index in [-0.39, 0.29) is 28.0 Å². The number of benzene rings is 2. The molecular weight excluding hydrogens is 452 g/mol. The Labute approximate surface area is 213 Å². The van der Waals surface area contributed by atoms with Crippen LogP contribution in [0.4, 0.5) is 17.1 Å². The molecule has 5 aliphatic rings. The van der Waals surface area contributed by atoms with Gasteiger partial charge in [-0.1, -0.05) is 18.2 Å². The Morgan fingerprint density at radius 1 is 0.972 bits per heavy atom. The van der Waals surface area contributed by atoms with Crippen LogP contribution in [-0.4, -0.2) is 48.0 Å². The summed E-state index contributed by atoms with van der Waals surface area (Å²) in [5.41, 5.74) is 2.73. The molecule has 2 aromatic carbocycles. The SMILES string of the molecule is C[C@H](Nc1cc(N2CCN(C(=O)c3ccccc3)CC2)ccc1[N+](=O)[O-])C12CC3CC(CC(C3)C1)C2. The molecular formula is C29H36N4O3. The molecule has 4 aliphatic carbocycles. The molecule has 1 N–H and O–H groups in total. The molecule has 5 fully saturated rings. The van der Waals surface area contributed by atoms with E-state index in [1.165, 1.54) is 38.5 Å². The molecule has 1 aliphatic heterocycles. The third-order valence-corrected chi connectivity index (χ3v) is 9.51. The Morgan fingerprint density at radius 3 is 2.17 bits per heavy atom. The first-order valence-corrected chi connectivity index (χ1v) is 13.5. The number of hydrogen-bond acceptors (Lipinski definition) is 5. The lowest BCUT2D eigenvalue weighted by atomic mass is 9.48. The minimum atomic E-state index is -0.269. The van der Waals surface area contributed by atoms with Gasteiger partial charge in [-0.15, -0.1) is 0 Å². The normalized spacial score (nSPS) is 29.8. The van der Waals surface area contributed by atoms with E-state index in [1.54, 1.807) is 6.07 Å². The van der Waals surface area contributed by atoms with Gasteiger partial charge in [0.1, 0.15) is 5.69 Å². The van der Waals surface area contributed by atoms with Crippen LogP contribution >= 0.6 is 0 Å². The van der Waals surface area contributed by atoms with Gasteiger partial charge in [-0.25, -0.2) is 0 Å². The van der Waals surface area contributed by atoms with Gasteiger partial charge < -0.3 is 15.1 Å². The third kappa shape index (κ3) is 4.22. The predicted molar refractivity (Wildman–Crippen MR) is 141 cm³/mol. The van der Waals surface area contributed by atoms with Crippen molar-refractivity contribution in [1.82, 2.24) is 4.90 Å². The second kappa shape index (κ2) is 9.09. The highest BCUT2D eigenvalue weighted by atomic mass is 16.6. The summed E-state index contributed by atoms with van der Waals surface area (Å²) in [4.78, 5) is 28.6. The van der Waals surface area contributed by atoms with Gasteiger partial charge in [0.25, 0.3) is 11.6 Å². The zero-order valence-electron chi connectivity index (χ0n) is 21.1. The maximum Gasteiger partial charge on any atom is 0.292 e. The van der Waals surface area contributed by atoms with Crippen molar-refractivity contribution < 1.29 is 9.72 Å². The Kier molecular flexibility index (Phi) is 5.89. The van der Waals surface area contributed by atoms with Crippen LogP contribution in [0.15, 0.2) is 48.5 Å². The Morgan fingerprint density at radius 2 is 1.58 bits per heavy atom. The Hall–Kier alpha value is -3.09. The molecule has 0 spiro atoms. The number of nitro benzene ring substituents is 1. The zero-order chi connectivity index (χ0) is 24.9. The van der Waals surface area contributed by atoms with Gasteiger partial charge in [0.15, 0.2) is 0 Å². The van der Waals surface area contributed by atoms with Gasteiger partial charge in [-0.2, -0.15) is 0 Å². The van der Waals surface area contributed by atoms with E-state index in [0.717, 1.165) is 23.4 Å². The number of rotatable bonds is 6. The average molecular weight is 489 g/mol. The highest BCUT2D eigenvalue weighted by molar-refractivity contribution is 5.94. The minimum Gasteiger partial charge on any atom is -0.376 e. The average Bonchev–Trinajstić information content (AvgIpc) is 2.88. The van der Waals surface area contributed by atoms with Crippen molar-refractivity contribution in [1.29, 1.82) is 0 Å². The molecule has 1 amide bonds. The van der Waals surface area contributed by atoms with Crippen molar-refractivity contribution in [2.45, 2.75) is 51.5 Å². The molecule has 0 unspecified atom stereocenters. The molecule has 4 bridgehead atoms. The van der Waals surface area contributed by atoms with E-state index in [9.17, 15) is 14.9 Å². The fraction of sp³-hybridized carbons (Fsp3) is 0.552. The van der Waals surface area contributed by atoms with Crippen molar-refractivity contribution >= 4 is 23.0 Å². The fourth-order valence-electron chi connectivity index (χ4n) is 8.02. The van der Waals surface area contributed by atoms with Gasteiger partial charge in [0, 0.05) is 49.5 Å². The number of nitrogens with zero attached hydrogens (tertiary/aromatic N) is 3. The summed E-state index contributed by atoms with van der Waals surface area (Å²) in [6.45, 7) is 4.94. The van der Waals surface area contributed by atoms with Crippen molar-refractivity contribution in [3.63, 3.8) is 0 Å². The maximum absolute atomic E-state index is 12.8. The van der Waals surface area contributed by atoms with Gasteiger partial charge in [-0.3, -0.25) is 14.9 Å². The number of amides is 1. The van der Waals surface area contributed by atoms with Crippen molar-refractivity contribution in [2.75, 3.05) is 36.4 Å². The van der Waals surface area contributed by atoms with Crippen LogP contribution in [0.3, 0.4) is 0 Å². The lowest BCUT2D eigenvalue weighted by Gasteiger charge is -2.59. The second-order valence-electron chi connectivity index (χ2n) is 11.7. The lowest BCUT2D eigenvalue weighted by Crippen LogP contribution is -2.53. The van der Waals surface area contributed by atoms with E-state index in [2.05, 4.69) is 17.1 Å². The molecule has 1 atom stereocenters. The summed E-state index contributed by atoms with van der Waals surface area (Å²) in [6.07, 6.45) is 7.95. The van der Waals surface area contributed by atoms with Crippen molar-refractivity contribution in [3.8, 4) is 0 Å². The Bertz CT molecular complexity index is 1110. The van der Waals surface area contributed by atoms with Crippen molar-refractivity contribution in [3.05, 3.63) is 64.2 Å². The Balaban J connectivity index is 1.17. The molecule has 7 rings (SSSR count). The van der Waals surface area contributed by atoms with Crippen LogP contribution in [0.5, 0.6) is 0 Å². The second-order valence-corrected chi connectivity index (χ2v) is 11.7. The number of piperazine rings is 1. The molecule has 7 heteroatoms. The summed E-state index contributed by atoms with van der Waals surface area (Å²) in [5.74, 6) is 2.59. The first-order chi connectivity index (χ1) is 17.4. The highest BCUT2D eigenvalue weighted by Gasteiger charge is 2.53. The predicted octanol–water partition coefficient (Wildman–Crippen LogP) is 5.57. The van der Waals surface area contributed by atoms with E-state index in [4.69, 9.17) is 0 Å². The molecule has 36 heavy (non-hydrogen) atoms. The smallest absolute Gasteiger partial charge is 0.292 e. The molecule has 1 heterocycles. The van der Waals surface area contributed by atoms with Crippen LogP contribution in [0.2, 0.25) is 0 Å². The van der Waals surface area contributed by atoms with Crippen LogP contribution in [0.25, 0.3) is 0 Å². The summed E-state index contributed by atoms with van der Waals surface area (Å²) in [7, 11) is 0. The summed E-state index contributed by atoms with van der Waals surface area (Å²) < 4.78 is 0. The zero-order valence-corrected chi connectivity index (χ0v) is 21.1. The lowest BCUT2D eigenvalue weighted by molar-refractivity contribution is -0.384. The van der Waals surface area contributed by atoms with Gasteiger partial charge >= 0.3 is 0 Å². The summed E-state index contributed by atoms with van der Waals surface area (Å²) in [6, 6.07) is 15.1. The highest BCUT2D eigenvalue weighted by Crippen LogP contribution is 2.61. The summed E-state index contributed by atoms with van der Waals surface area (Å²) >= 11 is 0. The fourth-order valence-corrected chi connectivity index (χ4v) is 8.02. The first-order valence-electron chi connectivity index (χ1n) is 13.5. The molecule has 0 aromatic heterocycles. The number of carbonyl (C=O) groups excluding carboxylic acids is 1. The number of nitro groups is 1. The van der Waals surface area contributed by atoms with Crippen molar-refractivity contribution in [2.24, 2.45) is 23.2 Å². The number of anilines is 2. The van der Waals surface area contributed by atoms with Gasteiger partial charge in [-0.05, 0) is 92.9 Å². The van der Waals surface area contributed by atoms with E-state index >= 15 is 0 Å². The van der Waals surface area contributed by atoms with E-state index in [1.807, 2.05) is 47.4 Å². The maximum atomic E-state index is 12.8. The molecule has 4 saturated carbocycles. The van der Waals surface area contributed by atoms with E-state index in [0.29, 0.717) is 37.4 Å². The van der Waals surface area contributed by atoms with Crippen LogP contribution in [0.1, 0.15) is 55.8 Å². The quantitative estimate of drug-likeness (QED) is 0.425. The molecule has 7 nitrogen and oxygen atoms in total. The summed E-state index contributed by atoms with van der Waals surface area (Å²) in [5, 5.41) is 15.5. The molecule has 1 saturated heterocycles. The number of hydrogen-bond donors (Lipinski definition) is 1. The molecule has 2 aromatic rings. The van der Waals surface area contributed by atoms with Crippen LogP contribution in [-0.2, 0) is 0 Å². The minimum absolute atomic E-state index is 0.0608. The van der Waals surface area contributed by atoms with Gasteiger partial charge in [0.05, 0.1) is 4.92 Å². The molecule has 0 radical (unpaired) electrons. The topological polar surface area (TPSA) is 78.7 Å². The standard InChI is InChI=1S/C29H36N4O3/c1-20(29-17-21-13-22(18-29)15-23(14-21)19-29)30-26-16-25(7-8-27(26)33(35)36)31-9-11-32(12-10-31)28(34)24-5-3-2-4-6-24/h2-8,16,20-23,30H,9-15,17-19H2,1H3/t20-,21?,22?,23?,29?/m0/s1. The van der Waals surface area contributed by atoms with E-state index < -0.39 is 0 Å². The monoisotopic (exact) mass is 488 g/mol. The first kappa shape index (κ1) is 23.3. The molecule has 190 valence electrons. The van der Waals surface area contributed by atoms with Crippen LogP contribution in [0, 0.1) is 33.3 Å².